The first-order valence-electron chi connectivity index (χ1n) is 4.66. The molecule has 2 N–H and O–H groups in total. The number of hydrogen-bond acceptors (Lipinski definition) is 4. The Morgan fingerprint density at radius 1 is 1.31 bits per heavy atom. The van der Waals surface area contributed by atoms with Crippen LogP contribution >= 0.6 is 0 Å². The minimum atomic E-state index is -0.517. The van der Waals surface area contributed by atoms with Gasteiger partial charge in [-0.1, -0.05) is 6.58 Å². The van der Waals surface area contributed by atoms with E-state index in [1.54, 1.807) is 6.08 Å². The third kappa shape index (κ3) is 3.08. The minimum Gasteiger partial charge on any atom is -0.395 e. The molecule has 0 bridgehead atoms. The predicted octanol–water partition coefficient (Wildman–Crippen LogP) is -0.899. The first-order valence-corrected chi connectivity index (χ1v) is 4.66. The molecule has 0 radical (unpaired) electrons. The van der Waals surface area contributed by atoms with E-state index in [4.69, 9.17) is 5.11 Å². The average Bonchev–Trinajstić information content (AvgIpc) is 2.18. The summed E-state index contributed by atoms with van der Waals surface area (Å²) in [4.78, 5) is 4.16. The highest BCUT2D eigenvalue weighted by Crippen LogP contribution is 2.04. The molecule has 1 aliphatic rings. The van der Waals surface area contributed by atoms with Crippen LogP contribution in [-0.4, -0.2) is 65.6 Å². The maximum absolute atomic E-state index is 9.44. The molecule has 4 heteroatoms. The fraction of sp³-hybridized carbons (Fsp3) is 0.778. The van der Waals surface area contributed by atoms with Gasteiger partial charge in [-0.25, -0.2) is 0 Å². The van der Waals surface area contributed by atoms with Crippen molar-refractivity contribution in [2.24, 2.45) is 0 Å². The van der Waals surface area contributed by atoms with Gasteiger partial charge >= 0.3 is 0 Å². The summed E-state index contributed by atoms with van der Waals surface area (Å²) in [6.07, 6.45) is 1.03. The summed E-state index contributed by atoms with van der Waals surface area (Å²) in [7, 11) is 0. The van der Waals surface area contributed by atoms with Gasteiger partial charge in [0.25, 0.3) is 0 Å². The summed E-state index contributed by atoms with van der Waals surface area (Å²) < 4.78 is 0. The Morgan fingerprint density at radius 3 is 2.38 bits per heavy atom. The van der Waals surface area contributed by atoms with Crippen molar-refractivity contribution >= 4 is 0 Å². The predicted molar refractivity (Wildman–Crippen MR) is 51.3 cm³/mol. The number of aliphatic hydroxyl groups excluding tert-OH is 2. The van der Waals surface area contributed by atoms with Gasteiger partial charge in [0.05, 0.1) is 6.61 Å². The number of piperazine rings is 1. The minimum absolute atomic E-state index is 0.212. The zero-order chi connectivity index (χ0) is 9.68. The van der Waals surface area contributed by atoms with Gasteiger partial charge in [0.1, 0.15) is 6.23 Å². The molecule has 1 unspecified atom stereocenters. The molecule has 1 heterocycles. The van der Waals surface area contributed by atoms with E-state index < -0.39 is 6.23 Å². The van der Waals surface area contributed by atoms with E-state index in [0.717, 1.165) is 32.7 Å². The van der Waals surface area contributed by atoms with Crippen molar-refractivity contribution in [3.05, 3.63) is 12.7 Å². The van der Waals surface area contributed by atoms with E-state index in [9.17, 15) is 5.11 Å². The lowest BCUT2D eigenvalue weighted by Crippen LogP contribution is -2.50. The van der Waals surface area contributed by atoms with Crippen molar-refractivity contribution in [3.63, 3.8) is 0 Å². The lowest BCUT2D eigenvalue weighted by Gasteiger charge is -2.35. The molecule has 0 aromatic heterocycles. The summed E-state index contributed by atoms with van der Waals surface area (Å²) in [5, 5.41) is 18.2. The van der Waals surface area contributed by atoms with E-state index in [0.29, 0.717) is 0 Å². The van der Waals surface area contributed by atoms with Crippen molar-refractivity contribution < 1.29 is 10.2 Å². The molecule has 1 fully saturated rings. The lowest BCUT2D eigenvalue weighted by molar-refractivity contribution is 0.00294. The Bertz CT molecular complexity index is 156. The summed E-state index contributed by atoms with van der Waals surface area (Å²) in [6.45, 7) is 7.99. The monoisotopic (exact) mass is 186 g/mol. The second-order valence-electron chi connectivity index (χ2n) is 3.25. The maximum Gasteiger partial charge on any atom is 0.126 e. The fourth-order valence-electron chi connectivity index (χ4n) is 1.54. The van der Waals surface area contributed by atoms with Crippen LogP contribution in [0.25, 0.3) is 0 Å². The molecular weight excluding hydrogens is 168 g/mol. The Kier molecular flexibility index (Phi) is 4.38. The molecular formula is C9H18N2O2. The molecule has 0 amide bonds. The average molecular weight is 186 g/mol. The Balaban J connectivity index is 2.26. The summed E-state index contributed by atoms with van der Waals surface area (Å²) in [5.74, 6) is 0. The zero-order valence-electron chi connectivity index (χ0n) is 7.89. The molecule has 4 nitrogen and oxygen atoms in total. The second-order valence-corrected chi connectivity index (χ2v) is 3.25. The van der Waals surface area contributed by atoms with Crippen LogP contribution in [0.5, 0.6) is 0 Å². The number of nitrogens with zero attached hydrogens (tertiary/aromatic N) is 2. The normalized spacial score (nSPS) is 22.9. The third-order valence-electron chi connectivity index (χ3n) is 2.41. The van der Waals surface area contributed by atoms with Gasteiger partial charge < -0.3 is 10.2 Å². The summed E-state index contributed by atoms with van der Waals surface area (Å²) in [6, 6.07) is 0. The van der Waals surface area contributed by atoms with Crippen molar-refractivity contribution in [1.82, 2.24) is 9.80 Å². The molecule has 1 aliphatic heterocycles. The van der Waals surface area contributed by atoms with Gasteiger partial charge in [-0.3, -0.25) is 9.80 Å². The van der Waals surface area contributed by atoms with Gasteiger partial charge in [0, 0.05) is 32.7 Å². The van der Waals surface area contributed by atoms with E-state index in [2.05, 4.69) is 11.5 Å². The van der Waals surface area contributed by atoms with Crippen LogP contribution in [0.2, 0.25) is 0 Å². The summed E-state index contributed by atoms with van der Waals surface area (Å²) in [5.41, 5.74) is 0. The smallest absolute Gasteiger partial charge is 0.126 e. The van der Waals surface area contributed by atoms with E-state index >= 15 is 0 Å². The molecule has 13 heavy (non-hydrogen) atoms. The van der Waals surface area contributed by atoms with Crippen molar-refractivity contribution in [2.45, 2.75) is 6.23 Å². The maximum atomic E-state index is 9.44. The lowest BCUT2D eigenvalue weighted by atomic mass is 10.3. The second kappa shape index (κ2) is 5.34. The van der Waals surface area contributed by atoms with Crippen molar-refractivity contribution in [2.75, 3.05) is 39.3 Å². The Hall–Kier alpha value is -0.420. The standard InChI is InChI=1S/C9H18N2O2/c1-2-9(13)11-5-3-10(4-6-11)7-8-12/h2,9,12-13H,1,3-8H2. The van der Waals surface area contributed by atoms with Gasteiger partial charge in [-0.05, 0) is 6.08 Å². The van der Waals surface area contributed by atoms with Gasteiger partial charge in [-0.2, -0.15) is 0 Å². The van der Waals surface area contributed by atoms with Gasteiger partial charge in [-0.15, -0.1) is 0 Å². The van der Waals surface area contributed by atoms with E-state index in [-0.39, 0.29) is 6.61 Å². The number of rotatable bonds is 4. The number of aliphatic hydroxyl groups is 2. The molecule has 0 aromatic carbocycles. The molecule has 0 saturated carbocycles. The quantitative estimate of drug-likeness (QED) is 0.559. The molecule has 76 valence electrons. The molecule has 0 aliphatic carbocycles. The highest BCUT2D eigenvalue weighted by atomic mass is 16.3. The largest absolute Gasteiger partial charge is 0.395 e. The van der Waals surface area contributed by atoms with E-state index in [1.807, 2.05) is 4.90 Å². The molecule has 1 saturated heterocycles. The van der Waals surface area contributed by atoms with Crippen LogP contribution in [-0.2, 0) is 0 Å². The number of β-amino-alcohol motifs (C(OH)–C–C–N with tert-alkyl or cyclic N) is 1. The van der Waals surface area contributed by atoms with Crippen LogP contribution in [0.1, 0.15) is 0 Å². The zero-order valence-corrected chi connectivity index (χ0v) is 7.89. The van der Waals surface area contributed by atoms with Crippen molar-refractivity contribution in [1.29, 1.82) is 0 Å². The molecule has 0 spiro atoms. The van der Waals surface area contributed by atoms with Crippen molar-refractivity contribution in [3.8, 4) is 0 Å². The third-order valence-corrected chi connectivity index (χ3v) is 2.41. The first kappa shape index (κ1) is 10.7. The number of hydrogen-bond donors (Lipinski definition) is 2. The Labute approximate surface area is 79.1 Å². The SMILES string of the molecule is C=CC(O)N1CCN(CCO)CC1. The first-order chi connectivity index (χ1) is 6.27. The molecule has 0 aromatic rings. The van der Waals surface area contributed by atoms with Crippen LogP contribution in [0, 0.1) is 0 Å². The highest BCUT2D eigenvalue weighted by Gasteiger charge is 2.19. The van der Waals surface area contributed by atoms with Crippen LogP contribution in [0.15, 0.2) is 12.7 Å². The summed E-state index contributed by atoms with van der Waals surface area (Å²) >= 11 is 0. The van der Waals surface area contributed by atoms with E-state index in [1.165, 1.54) is 0 Å². The van der Waals surface area contributed by atoms with Crippen LogP contribution < -0.4 is 0 Å². The van der Waals surface area contributed by atoms with Gasteiger partial charge in [0.15, 0.2) is 0 Å². The van der Waals surface area contributed by atoms with Gasteiger partial charge in [0.2, 0.25) is 0 Å². The highest BCUT2D eigenvalue weighted by molar-refractivity contribution is 4.82. The fourth-order valence-corrected chi connectivity index (χ4v) is 1.54. The topological polar surface area (TPSA) is 46.9 Å². The van der Waals surface area contributed by atoms with Crippen LogP contribution in [0.4, 0.5) is 0 Å². The Morgan fingerprint density at radius 2 is 1.92 bits per heavy atom. The van der Waals surface area contributed by atoms with Crippen LogP contribution in [0.3, 0.4) is 0 Å². The molecule has 1 atom stereocenters. The molecule has 1 rings (SSSR count).